The lowest BCUT2D eigenvalue weighted by molar-refractivity contribution is -0.139. The van der Waals surface area contributed by atoms with Gasteiger partial charge in [0.1, 0.15) is 6.04 Å². The average Bonchev–Trinajstić information content (AvgIpc) is 2.39. The Bertz CT molecular complexity index is 544. The SMILES string of the molecule is Cc1ccc(NC(=O)CSC(C)(C)[C@H](N)C(=O)O)c(C)c1. The van der Waals surface area contributed by atoms with Crippen molar-refractivity contribution in [3.63, 3.8) is 0 Å². The van der Waals surface area contributed by atoms with Gasteiger partial charge in [-0.05, 0) is 39.3 Å². The molecular formula is C15H22N2O3S. The number of hydrogen-bond acceptors (Lipinski definition) is 4. The number of thioether (sulfide) groups is 1. The van der Waals surface area contributed by atoms with Crippen LogP contribution in [-0.2, 0) is 9.59 Å². The highest BCUT2D eigenvalue weighted by molar-refractivity contribution is 8.01. The summed E-state index contributed by atoms with van der Waals surface area (Å²) in [6, 6.07) is 4.77. The van der Waals surface area contributed by atoms with Gasteiger partial charge in [0.15, 0.2) is 0 Å². The van der Waals surface area contributed by atoms with Crippen LogP contribution in [0.3, 0.4) is 0 Å². The van der Waals surface area contributed by atoms with Gasteiger partial charge in [-0.25, -0.2) is 0 Å². The molecule has 0 radical (unpaired) electrons. The van der Waals surface area contributed by atoms with E-state index in [2.05, 4.69) is 5.32 Å². The number of anilines is 1. The Labute approximate surface area is 129 Å². The normalized spacial score (nSPS) is 12.8. The number of carbonyl (C=O) groups is 2. The molecule has 0 bridgehead atoms. The van der Waals surface area contributed by atoms with Crippen molar-refractivity contribution in [3.05, 3.63) is 29.3 Å². The second-order valence-corrected chi connectivity index (χ2v) is 7.20. The van der Waals surface area contributed by atoms with Gasteiger partial charge < -0.3 is 16.2 Å². The van der Waals surface area contributed by atoms with Crippen LogP contribution in [-0.4, -0.2) is 33.5 Å². The van der Waals surface area contributed by atoms with Gasteiger partial charge in [0.2, 0.25) is 5.91 Å². The summed E-state index contributed by atoms with van der Waals surface area (Å²) in [5, 5.41) is 11.8. The number of nitrogens with two attached hydrogens (primary N) is 1. The molecule has 1 atom stereocenters. The Morgan fingerprint density at radius 2 is 2.00 bits per heavy atom. The van der Waals surface area contributed by atoms with Crippen molar-refractivity contribution in [1.82, 2.24) is 0 Å². The quantitative estimate of drug-likeness (QED) is 0.749. The average molecular weight is 310 g/mol. The van der Waals surface area contributed by atoms with Crippen LogP contribution in [0, 0.1) is 13.8 Å². The van der Waals surface area contributed by atoms with Gasteiger partial charge in [-0.2, -0.15) is 0 Å². The van der Waals surface area contributed by atoms with E-state index >= 15 is 0 Å². The van der Waals surface area contributed by atoms with Crippen molar-refractivity contribution in [1.29, 1.82) is 0 Å². The molecule has 1 rings (SSSR count). The summed E-state index contributed by atoms with van der Waals surface area (Å²) in [5.41, 5.74) is 8.52. The predicted octanol–water partition coefficient (Wildman–Crippen LogP) is 2.17. The van der Waals surface area contributed by atoms with Gasteiger partial charge >= 0.3 is 5.97 Å². The Kier molecular flexibility index (Phi) is 5.80. The summed E-state index contributed by atoms with van der Waals surface area (Å²) in [5.74, 6) is -1.08. The van der Waals surface area contributed by atoms with E-state index in [4.69, 9.17) is 10.8 Å². The van der Waals surface area contributed by atoms with Gasteiger partial charge in [0, 0.05) is 10.4 Å². The third kappa shape index (κ3) is 5.06. The minimum absolute atomic E-state index is 0.154. The largest absolute Gasteiger partial charge is 0.480 e. The summed E-state index contributed by atoms with van der Waals surface area (Å²) in [6.45, 7) is 7.37. The summed E-state index contributed by atoms with van der Waals surface area (Å²) >= 11 is 1.23. The number of carboxylic acids is 1. The Morgan fingerprint density at radius 3 is 2.52 bits per heavy atom. The molecule has 4 N–H and O–H groups in total. The van der Waals surface area contributed by atoms with Crippen LogP contribution in [0.2, 0.25) is 0 Å². The Hall–Kier alpha value is -1.53. The zero-order valence-corrected chi connectivity index (χ0v) is 13.6. The molecule has 0 saturated heterocycles. The van der Waals surface area contributed by atoms with E-state index in [0.717, 1.165) is 16.8 Å². The zero-order chi connectivity index (χ0) is 16.2. The monoisotopic (exact) mass is 310 g/mol. The first-order valence-electron chi connectivity index (χ1n) is 6.63. The van der Waals surface area contributed by atoms with Crippen molar-refractivity contribution in [3.8, 4) is 0 Å². The molecular weight excluding hydrogens is 288 g/mol. The zero-order valence-electron chi connectivity index (χ0n) is 12.8. The molecule has 0 aromatic heterocycles. The van der Waals surface area contributed by atoms with Gasteiger partial charge in [-0.15, -0.1) is 11.8 Å². The highest BCUT2D eigenvalue weighted by Crippen LogP contribution is 2.27. The molecule has 0 aliphatic rings. The summed E-state index contributed by atoms with van der Waals surface area (Å²) < 4.78 is -0.717. The first-order valence-corrected chi connectivity index (χ1v) is 7.61. The molecule has 6 heteroatoms. The molecule has 1 aromatic carbocycles. The van der Waals surface area contributed by atoms with Crippen molar-refractivity contribution >= 4 is 29.3 Å². The third-order valence-corrected chi connectivity index (χ3v) is 4.65. The molecule has 0 heterocycles. The minimum atomic E-state index is -1.07. The maximum Gasteiger partial charge on any atom is 0.321 e. The molecule has 0 aliphatic heterocycles. The Balaban J connectivity index is 2.60. The minimum Gasteiger partial charge on any atom is -0.480 e. The smallest absolute Gasteiger partial charge is 0.321 e. The topological polar surface area (TPSA) is 92.4 Å². The van der Waals surface area contributed by atoms with Crippen LogP contribution in [0.5, 0.6) is 0 Å². The van der Waals surface area contributed by atoms with E-state index in [1.807, 2.05) is 32.0 Å². The summed E-state index contributed by atoms with van der Waals surface area (Å²) in [7, 11) is 0. The number of benzene rings is 1. The number of aliphatic carboxylic acids is 1. The molecule has 0 aliphatic carbocycles. The van der Waals surface area contributed by atoms with Crippen LogP contribution < -0.4 is 11.1 Å². The van der Waals surface area contributed by atoms with Crippen LogP contribution in [0.1, 0.15) is 25.0 Å². The maximum atomic E-state index is 12.0. The lowest BCUT2D eigenvalue weighted by atomic mass is 10.1. The molecule has 5 nitrogen and oxygen atoms in total. The van der Waals surface area contributed by atoms with Crippen LogP contribution in [0.25, 0.3) is 0 Å². The number of amides is 1. The molecule has 0 fully saturated rings. The number of rotatable bonds is 6. The van der Waals surface area contributed by atoms with Gasteiger partial charge in [0.05, 0.1) is 5.75 Å². The van der Waals surface area contributed by atoms with E-state index in [9.17, 15) is 9.59 Å². The van der Waals surface area contributed by atoms with Gasteiger partial charge in [-0.3, -0.25) is 9.59 Å². The number of hydrogen-bond donors (Lipinski definition) is 3. The molecule has 21 heavy (non-hydrogen) atoms. The molecule has 0 unspecified atom stereocenters. The van der Waals surface area contributed by atoms with Crippen molar-refractivity contribution in [2.75, 3.05) is 11.1 Å². The van der Waals surface area contributed by atoms with E-state index in [1.54, 1.807) is 13.8 Å². The second-order valence-electron chi connectivity index (χ2n) is 5.57. The second kappa shape index (κ2) is 6.95. The van der Waals surface area contributed by atoms with Crippen LogP contribution >= 0.6 is 11.8 Å². The number of aryl methyl sites for hydroxylation is 2. The first-order chi connectivity index (χ1) is 9.63. The Morgan fingerprint density at radius 1 is 1.38 bits per heavy atom. The molecule has 1 aromatic rings. The highest BCUT2D eigenvalue weighted by atomic mass is 32.2. The fourth-order valence-electron chi connectivity index (χ4n) is 1.78. The predicted molar refractivity (Wildman–Crippen MR) is 86.7 cm³/mol. The molecule has 1 amide bonds. The van der Waals surface area contributed by atoms with Crippen molar-refractivity contribution in [2.24, 2.45) is 5.73 Å². The van der Waals surface area contributed by atoms with Gasteiger partial charge in [-0.1, -0.05) is 17.7 Å². The lowest BCUT2D eigenvalue weighted by Crippen LogP contribution is -2.47. The fraction of sp³-hybridized carbons (Fsp3) is 0.467. The van der Waals surface area contributed by atoms with E-state index in [1.165, 1.54) is 11.8 Å². The first kappa shape index (κ1) is 17.5. The lowest BCUT2D eigenvalue weighted by Gasteiger charge is -2.27. The molecule has 0 spiro atoms. The van der Waals surface area contributed by atoms with Crippen molar-refractivity contribution < 1.29 is 14.7 Å². The highest BCUT2D eigenvalue weighted by Gasteiger charge is 2.33. The van der Waals surface area contributed by atoms with E-state index < -0.39 is 16.8 Å². The number of carbonyl (C=O) groups excluding carboxylic acids is 1. The summed E-state index contributed by atoms with van der Waals surface area (Å²) in [4.78, 5) is 22.9. The standard InChI is InChI=1S/C15H22N2O3S/c1-9-5-6-11(10(2)7-9)17-12(18)8-21-15(3,4)13(16)14(19)20/h5-7,13H,8,16H2,1-4H3,(H,17,18)(H,19,20)/t13-/m1/s1. The van der Waals surface area contributed by atoms with Crippen LogP contribution in [0.4, 0.5) is 5.69 Å². The fourth-order valence-corrected chi connectivity index (χ4v) is 2.63. The number of carboxylic acid groups (broad SMARTS) is 1. The van der Waals surface area contributed by atoms with Crippen molar-refractivity contribution in [2.45, 2.75) is 38.5 Å². The number of nitrogens with one attached hydrogen (secondary N) is 1. The van der Waals surface area contributed by atoms with Gasteiger partial charge in [0.25, 0.3) is 0 Å². The van der Waals surface area contributed by atoms with Crippen LogP contribution in [0.15, 0.2) is 18.2 Å². The molecule has 0 saturated carbocycles. The maximum absolute atomic E-state index is 12.0. The molecule has 116 valence electrons. The van der Waals surface area contributed by atoms with E-state index in [0.29, 0.717) is 0 Å². The summed E-state index contributed by atoms with van der Waals surface area (Å²) in [6.07, 6.45) is 0. The third-order valence-electron chi connectivity index (χ3n) is 3.25. The van der Waals surface area contributed by atoms with E-state index in [-0.39, 0.29) is 11.7 Å².